The molecule has 0 spiro atoms. The zero-order valence-electron chi connectivity index (χ0n) is 13.6. The maximum atomic E-state index is 14.3. The third kappa shape index (κ3) is 3.52. The highest BCUT2D eigenvalue weighted by Crippen LogP contribution is 2.28. The van der Waals surface area contributed by atoms with E-state index in [4.69, 9.17) is 9.94 Å². The molecule has 1 amide bonds. The smallest absolute Gasteiger partial charge is 0.247 e. The SMILES string of the molecule is COc1ccc2c(Nc3cc(F)c(CC(=O)NO)cc3F)ccnc2n1. The molecule has 26 heavy (non-hydrogen) atoms. The van der Waals surface area contributed by atoms with Crippen molar-refractivity contribution in [1.29, 1.82) is 0 Å². The monoisotopic (exact) mass is 360 g/mol. The normalized spacial score (nSPS) is 10.6. The summed E-state index contributed by atoms with van der Waals surface area (Å²) >= 11 is 0. The summed E-state index contributed by atoms with van der Waals surface area (Å²) < 4.78 is 33.5. The molecular weight excluding hydrogens is 346 g/mol. The van der Waals surface area contributed by atoms with Gasteiger partial charge >= 0.3 is 0 Å². The van der Waals surface area contributed by atoms with Gasteiger partial charge in [0.15, 0.2) is 5.65 Å². The molecule has 0 saturated heterocycles. The number of carbonyl (C=O) groups is 1. The molecule has 0 fully saturated rings. The van der Waals surface area contributed by atoms with Crippen LogP contribution in [0.2, 0.25) is 0 Å². The second-order valence-electron chi connectivity index (χ2n) is 5.34. The number of rotatable bonds is 5. The Morgan fingerprint density at radius 1 is 1.19 bits per heavy atom. The van der Waals surface area contributed by atoms with E-state index >= 15 is 0 Å². The molecule has 1 aromatic carbocycles. The van der Waals surface area contributed by atoms with Crippen LogP contribution in [0.15, 0.2) is 36.5 Å². The first-order valence-corrected chi connectivity index (χ1v) is 7.49. The van der Waals surface area contributed by atoms with E-state index in [1.54, 1.807) is 18.2 Å². The molecular formula is C17H14F2N4O3. The van der Waals surface area contributed by atoms with Crippen LogP contribution in [0.1, 0.15) is 5.56 Å². The lowest BCUT2D eigenvalue weighted by Gasteiger charge is -2.12. The van der Waals surface area contributed by atoms with Gasteiger partial charge < -0.3 is 10.1 Å². The standard InChI is InChI=1S/C17H14F2N4O3/c1-26-16-3-2-10-13(4-5-20-17(10)22-16)21-14-8-11(18)9(6-12(14)19)7-15(24)23-25/h2-6,8,25H,7H2,1H3,(H,23,24)(H,20,21,22). The van der Waals surface area contributed by atoms with Crippen molar-refractivity contribution in [2.75, 3.05) is 12.4 Å². The van der Waals surface area contributed by atoms with Crippen molar-refractivity contribution in [1.82, 2.24) is 15.4 Å². The Hall–Kier alpha value is -3.33. The number of nitrogens with one attached hydrogen (secondary N) is 2. The molecule has 0 aliphatic rings. The fourth-order valence-electron chi connectivity index (χ4n) is 2.41. The minimum absolute atomic E-state index is 0.112. The topological polar surface area (TPSA) is 96.4 Å². The van der Waals surface area contributed by atoms with Crippen molar-refractivity contribution < 1.29 is 23.5 Å². The minimum atomic E-state index is -0.843. The molecule has 9 heteroatoms. The van der Waals surface area contributed by atoms with Crippen LogP contribution in [-0.4, -0.2) is 28.2 Å². The van der Waals surface area contributed by atoms with E-state index in [0.717, 1.165) is 12.1 Å². The van der Waals surface area contributed by atoms with Gasteiger partial charge in [0.05, 0.1) is 24.9 Å². The number of carbonyl (C=O) groups excluding carboxylic acids is 1. The number of fused-ring (bicyclic) bond motifs is 1. The van der Waals surface area contributed by atoms with Crippen molar-refractivity contribution in [2.24, 2.45) is 0 Å². The summed E-state index contributed by atoms with van der Waals surface area (Å²) in [4.78, 5) is 19.4. The Bertz CT molecular complexity index is 982. The van der Waals surface area contributed by atoms with Crippen molar-refractivity contribution in [3.8, 4) is 5.88 Å². The number of hydrogen-bond acceptors (Lipinski definition) is 6. The van der Waals surface area contributed by atoms with Crippen LogP contribution in [-0.2, 0) is 11.2 Å². The number of methoxy groups -OCH3 is 1. The van der Waals surface area contributed by atoms with E-state index in [-0.39, 0.29) is 11.3 Å². The van der Waals surface area contributed by atoms with Gasteiger partial charge in [-0.2, -0.15) is 4.98 Å². The number of hydroxylamine groups is 1. The first-order chi connectivity index (χ1) is 12.5. The molecule has 0 aliphatic heterocycles. The Morgan fingerprint density at radius 3 is 2.73 bits per heavy atom. The van der Waals surface area contributed by atoms with Crippen LogP contribution in [0, 0.1) is 11.6 Å². The molecule has 0 atom stereocenters. The lowest BCUT2D eigenvalue weighted by Crippen LogP contribution is -2.21. The first-order valence-electron chi connectivity index (χ1n) is 7.49. The van der Waals surface area contributed by atoms with E-state index < -0.39 is 24.0 Å². The number of anilines is 2. The van der Waals surface area contributed by atoms with Gasteiger partial charge in [0.2, 0.25) is 11.8 Å². The van der Waals surface area contributed by atoms with Gasteiger partial charge in [0, 0.05) is 29.3 Å². The van der Waals surface area contributed by atoms with Crippen molar-refractivity contribution in [2.45, 2.75) is 6.42 Å². The second kappa shape index (κ2) is 7.28. The molecule has 2 heterocycles. The number of nitrogens with zero attached hydrogens (tertiary/aromatic N) is 2. The van der Waals surface area contributed by atoms with Gasteiger partial charge in [-0.05, 0) is 18.2 Å². The van der Waals surface area contributed by atoms with E-state index in [1.165, 1.54) is 18.8 Å². The summed E-state index contributed by atoms with van der Waals surface area (Å²) in [5, 5.41) is 11.9. The molecule has 0 saturated carbocycles. The minimum Gasteiger partial charge on any atom is -0.481 e. The van der Waals surface area contributed by atoms with Gasteiger partial charge in [-0.15, -0.1) is 0 Å². The zero-order valence-corrected chi connectivity index (χ0v) is 13.6. The van der Waals surface area contributed by atoms with Crippen LogP contribution < -0.4 is 15.5 Å². The van der Waals surface area contributed by atoms with Crippen molar-refractivity contribution >= 4 is 28.3 Å². The van der Waals surface area contributed by atoms with Gasteiger partial charge in [0.1, 0.15) is 11.6 Å². The summed E-state index contributed by atoms with van der Waals surface area (Å²) in [6, 6.07) is 6.77. The quantitative estimate of drug-likeness (QED) is 0.478. The summed E-state index contributed by atoms with van der Waals surface area (Å²) in [6.07, 6.45) is 0.993. The maximum Gasteiger partial charge on any atom is 0.247 e. The Kier molecular flexibility index (Phi) is 4.90. The predicted octanol–water partition coefficient (Wildman–Crippen LogP) is 2.71. The van der Waals surface area contributed by atoms with Crippen LogP contribution in [0.25, 0.3) is 11.0 Å². The number of benzene rings is 1. The third-order valence-corrected chi connectivity index (χ3v) is 3.67. The van der Waals surface area contributed by atoms with Crippen molar-refractivity contribution in [3.05, 3.63) is 53.7 Å². The van der Waals surface area contributed by atoms with Gasteiger partial charge in [-0.3, -0.25) is 10.0 Å². The fourth-order valence-corrected chi connectivity index (χ4v) is 2.41. The number of aromatic nitrogens is 2. The number of pyridine rings is 2. The van der Waals surface area contributed by atoms with E-state index in [1.807, 2.05) is 0 Å². The number of ether oxygens (including phenoxy) is 1. The Labute approximate surface area is 146 Å². The number of hydrogen-bond donors (Lipinski definition) is 3. The highest BCUT2D eigenvalue weighted by molar-refractivity contribution is 5.91. The van der Waals surface area contributed by atoms with Gasteiger partial charge in [-0.25, -0.2) is 19.2 Å². The highest BCUT2D eigenvalue weighted by atomic mass is 19.1. The van der Waals surface area contributed by atoms with Crippen molar-refractivity contribution in [3.63, 3.8) is 0 Å². The maximum absolute atomic E-state index is 14.3. The second-order valence-corrected chi connectivity index (χ2v) is 5.34. The van der Waals surface area contributed by atoms with Gasteiger partial charge in [0.25, 0.3) is 0 Å². The van der Waals surface area contributed by atoms with E-state index in [2.05, 4.69) is 15.3 Å². The molecule has 7 nitrogen and oxygen atoms in total. The molecule has 2 aromatic heterocycles. The average molecular weight is 360 g/mol. The lowest BCUT2D eigenvalue weighted by molar-refractivity contribution is -0.128. The summed E-state index contributed by atoms with van der Waals surface area (Å²) in [5.41, 5.74) is 1.95. The molecule has 0 bridgehead atoms. The molecule has 3 N–H and O–H groups in total. The molecule has 0 unspecified atom stereocenters. The van der Waals surface area contributed by atoms with E-state index in [9.17, 15) is 13.6 Å². The molecule has 134 valence electrons. The van der Waals surface area contributed by atoms with E-state index in [0.29, 0.717) is 22.6 Å². The predicted molar refractivity (Wildman–Crippen MR) is 89.4 cm³/mol. The van der Waals surface area contributed by atoms with Crippen LogP contribution in [0.3, 0.4) is 0 Å². The largest absolute Gasteiger partial charge is 0.481 e. The number of halogens is 2. The first kappa shape index (κ1) is 17.5. The lowest BCUT2D eigenvalue weighted by atomic mass is 10.1. The van der Waals surface area contributed by atoms with Gasteiger partial charge in [-0.1, -0.05) is 0 Å². The summed E-state index contributed by atoms with van der Waals surface area (Å²) in [7, 11) is 1.48. The van der Waals surface area contributed by atoms with Crippen LogP contribution in [0.5, 0.6) is 5.88 Å². The molecule has 3 aromatic rings. The number of amides is 1. The fraction of sp³-hybridized carbons (Fsp3) is 0.118. The van der Waals surface area contributed by atoms with Crippen LogP contribution >= 0.6 is 0 Å². The molecule has 0 radical (unpaired) electrons. The summed E-state index contributed by atoms with van der Waals surface area (Å²) in [5.74, 6) is -2.00. The molecule has 3 rings (SSSR count). The average Bonchev–Trinajstić information content (AvgIpc) is 2.65. The Balaban J connectivity index is 1.95. The zero-order chi connectivity index (χ0) is 18.7. The van der Waals surface area contributed by atoms with Crippen LogP contribution in [0.4, 0.5) is 20.2 Å². The Morgan fingerprint density at radius 2 is 2.00 bits per heavy atom. The molecule has 0 aliphatic carbocycles. The summed E-state index contributed by atoms with van der Waals surface area (Å²) in [6.45, 7) is 0. The third-order valence-electron chi connectivity index (χ3n) is 3.67. The highest BCUT2D eigenvalue weighted by Gasteiger charge is 2.14.